The minimum Gasteiger partial charge on any atom is -0.497 e. The highest BCUT2D eigenvalue weighted by Gasteiger charge is 2.50. The van der Waals surface area contributed by atoms with Gasteiger partial charge < -0.3 is 4.74 Å². The van der Waals surface area contributed by atoms with E-state index < -0.39 is 0 Å². The molecular formula is C19H25ClO. The molecule has 21 heavy (non-hydrogen) atoms. The van der Waals surface area contributed by atoms with Crippen molar-refractivity contribution in [1.29, 1.82) is 0 Å². The van der Waals surface area contributed by atoms with E-state index >= 15 is 0 Å². The number of benzene rings is 1. The predicted molar refractivity (Wildman–Crippen MR) is 86.9 cm³/mol. The van der Waals surface area contributed by atoms with E-state index in [4.69, 9.17) is 16.3 Å². The Morgan fingerprint density at radius 3 is 2.38 bits per heavy atom. The summed E-state index contributed by atoms with van der Waals surface area (Å²) in [4.78, 5) is 0. The average Bonchev–Trinajstić information content (AvgIpc) is 2.46. The lowest BCUT2D eigenvalue weighted by atomic mass is 9.51. The molecule has 4 aliphatic carbocycles. The highest BCUT2D eigenvalue weighted by atomic mass is 35.5. The van der Waals surface area contributed by atoms with Crippen molar-refractivity contribution in [1.82, 2.24) is 0 Å². The maximum absolute atomic E-state index is 6.91. The van der Waals surface area contributed by atoms with Crippen LogP contribution in [0.15, 0.2) is 24.3 Å². The first-order valence-corrected chi connectivity index (χ1v) is 8.93. The van der Waals surface area contributed by atoms with E-state index in [1.807, 2.05) is 6.07 Å². The fourth-order valence-electron chi connectivity index (χ4n) is 5.72. The zero-order valence-corrected chi connectivity index (χ0v) is 13.6. The van der Waals surface area contributed by atoms with Crippen LogP contribution in [0.5, 0.6) is 5.75 Å². The number of methoxy groups -OCH3 is 1. The van der Waals surface area contributed by atoms with Gasteiger partial charge in [0.15, 0.2) is 0 Å². The third-order valence-corrected chi connectivity index (χ3v) is 6.73. The molecule has 114 valence electrons. The Hall–Kier alpha value is -0.690. The molecule has 2 heteroatoms. The lowest BCUT2D eigenvalue weighted by molar-refractivity contribution is -0.0376. The van der Waals surface area contributed by atoms with Gasteiger partial charge in [0.2, 0.25) is 0 Å². The quantitative estimate of drug-likeness (QED) is 0.718. The van der Waals surface area contributed by atoms with Crippen LogP contribution >= 0.6 is 11.6 Å². The van der Waals surface area contributed by atoms with Crippen LogP contribution in [0.25, 0.3) is 0 Å². The fourth-order valence-corrected chi connectivity index (χ4v) is 6.31. The first-order valence-electron chi connectivity index (χ1n) is 8.50. The SMILES string of the molecule is COc1cccc(CC(Cl)C2C3CC4CC(C3)CC2C4)c1. The summed E-state index contributed by atoms with van der Waals surface area (Å²) in [5.74, 6) is 5.59. The molecular weight excluding hydrogens is 280 g/mol. The van der Waals surface area contributed by atoms with Crippen LogP contribution in [-0.2, 0) is 6.42 Å². The lowest BCUT2D eigenvalue weighted by Gasteiger charge is -2.55. The topological polar surface area (TPSA) is 9.23 Å². The molecule has 1 atom stereocenters. The Morgan fingerprint density at radius 2 is 1.76 bits per heavy atom. The van der Waals surface area contributed by atoms with Crippen LogP contribution in [0.3, 0.4) is 0 Å². The number of halogens is 1. The van der Waals surface area contributed by atoms with Crippen molar-refractivity contribution in [2.75, 3.05) is 7.11 Å². The summed E-state index contributed by atoms with van der Waals surface area (Å²) in [6.07, 6.45) is 8.34. The maximum atomic E-state index is 6.91. The molecule has 4 bridgehead atoms. The third-order valence-electron chi connectivity index (χ3n) is 6.28. The average molecular weight is 305 g/mol. The molecule has 4 saturated carbocycles. The summed E-state index contributed by atoms with van der Waals surface area (Å²) in [5, 5.41) is 0.298. The van der Waals surface area contributed by atoms with E-state index in [1.165, 1.54) is 37.7 Å². The molecule has 0 saturated heterocycles. The molecule has 1 aromatic rings. The van der Waals surface area contributed by atoms with Crippen LogP contribution in [0.4, 0.5) is 0 Å². The molecule has 1 unspecified atom stereocenters. The Balaban J connectivity index is 1.48. The van der Waals surface area contributed by atoms with Crippen LogP contribution in [-0.4, -0.2) is 12.5 Å². The molecule has 0 aromatic heterocycles. The largest absolute Gasteiger partial charge is 0.497 e. The minimum absolute atomic E-state index is 0.298. The lowest BCUT2D eigenvalue weighted by Crippen LogP contribution is -2.48. The van der Waals surface area contributed by atoms with Gasteiger partial charge in [-0.15, -0.1) is 11.6 Å². The highest BCUT2D eigenvalue weighted by Crippen LogP contribution is 2.58. The molecule has 0 amide bonds. The first-order chi connectivity index (χ1) is 10.2. The second-order valence-corrected chi connectivity index (χ2v) is 8.14. The van der Waals surface area contributed by atoms with Crippen molar-refractivity contribution in [2.45, 2.75) is 43.9 Å². The molecule has 1 aromatic carbocycles. The summed E-state index contributed by atoms with van der Waals surface area (Å²) >= 11 is 6.91. The molecule has 4 fully saturated rings. The van der Waals surface area contributed by atoms with Gasteiger partial charge in [-0.05, 0) is 85.8 Å². The Labute approximate surface area is 133 Å². The van der Waals surface area contributed by atoms with Crippen molar-refractivity contribution in [2.24, 2.45) is 29.6 Å². The fraction of sp³-hybridized carbons (Fsp3) is 0.684. The van der Waals surface area contributed by atoms with Crippen molar-refractivity contribution < 1.29 is 4.74 Å². The standard InChI is InChI=1S/C19H25ClO/c1-21-17-4-2-3-12(10-17)11-18(20)19-15-6-13-5-14(8-15)9-16(19)7-13/h2-4,10,13-16,18-19H,5-9,11H2,1H3. The summed E-state index contributed by atoms with van der Waals surface area (Å²) < 4.78 is 5.33. The van der Waals surface area contributed by atoms with Gasteiger partial charge in [-0.1, -0.05) is 12.1 Å². The zero-order chi connectivity index (χ0) is 14.4. The van der Waals surface area contributed by atoms with Gasteiger partial charge in [-0.3, -0.25) is 0 Å². The van der Waals surface area contributed by atoms with E-state index in [2.05, 4.69) is 18.2 Å². The van der Waals surface area contributed by atoms with Gasteiger partial charge in [0.05, 0.1) is 7.11 Å². The number of hydrogen-bond acceptors (Lipinski definition) is 1. The minimum atomic E-state index is 0.298. The Morgan fingerprint density at radius 1 is 1.10 bits per heavy atom. The van der Waals surface area contributed by atoms with Crippen LogP contribution in [0.2, 0.25) is 0 Å². The normalized spacial score (nSPS) is 38.5. The Bertz CT molecular complexity index is 484. The van der Waals surface area contributed by atoms with Gasteiger partial charge in [0.1, 0.15) is 5.75 Å². The number of alkyl halides is 1. The van der Waals surface area contributed by atoms with Crippen molar-refractivity contribution >= 4 is 11.6 Å². The van der Waals surface area contributed by atoms with Crippen LogP contribution < -0.4 is 4.74 Å². The van der Waals surface area contributed by atoms with E-state index in [1.54, 1.807) is 7.11 Å². The summed E-state index contributed by atoms with van der Waals surface area (Å²) in [5.41, 5.74) is 1.32. The molecule has 0 radical (unpaired) electrons. The smallest absolute Gasteiger partial charge is 0.119 e. The third kappa shape index (κ3) is 2.59. The van der Waals surface area contributed by atoms with Crippen LogP contribution in [0.1, 0.15) is 37.7 Å². The summed E-state index contributed by atoms with van der Waals surface area (Å²) in [6.45, 7) is 0. The van der Waals surface area contributed by atoms with Crippen molar-refractivity contribution in [3.63, 3.8) is 0 Å². The van der Waals surface area contributed by atoms with Gasteiger partial charge in [0, 0.05) is 5.38 Å². The van der Waals surface area contributed by atoms with E-state index in [9.17, 15) is 0 Å². The van der Waals surface area contributed by atoms with Gasteiger partial charge in [0.25, 0.3) is 0 Å². The van der Waals surface area contributed by atoms with Crippen LogP contribution in [0, 0.1) is 29.6 Å². The van der Waals surface area contributed by atoms with E-state index in [0.717, 1.165) is 41.8 Å². The molecule has 0 heterocycles. The highest BCUT2D eigenvalue weighted by molar-refractivity contribution is 6.21. The summed E-state index contributed by atoms with van der Waals surface area (Å²) in [6, 6.07) is 8.42. The second-order valence-electron chi connectivity index (χ2n) is 7.58. The maximum Gasteiger partial charge on any atom is 0.119 e. The Kier molecular flexibility index (Phi) is 3.65. The van der Waals surface area contributed by atoms with Crippen molar-refractivity contribution in [3.05, 3.63) is 29.8 Å². The van der Waals surface area contributed by atoms with E-state index in [-0.39, 0.29) is 0 Å². The van der Waals surface area contributed by atoms with Gasteiger partial charge in [-0.25, -0.2) is 0 Å². The molecule has 0 N–H and O–H groups in total. The molecule has 5 rings (SSSR count). The molecule has 1 nitrogen and oxygen atoms in total. The number of ether oxygens (including phenoxy) is 1. The van der Waals surface area contributed by atoms with Gasteiger partial charge in [-0.2, -0.15) is 0 Å². The number of rotatable bonds is 4. The molecule has 0 aliphatic heterocycles. The monoisotopic (exact) mass is 304 g/mol. The first kappa shape index (κ1) is 13.9. The second kappa shape index (κ2) is 5.50. The molecule has 0 spiro atoms. The number of hydrogen-bond donors (Lipinski definition) is 0. The summed E-state index contributed by atoms with van der Waals surface area (Å²) in [7, 11) is 1.73. The molecule has 4 aliphatic rings. The van der Waals surface area contributed by atoms with Crippen molar-refractivity contribution in [3.8, 4) is 5.75 Å². The zero-order valence-electron chi connectivity index (χ0n) is 12.8. The van der Waals surface area contributed by atoms with Gasteiger partial charge >= 0.3 is 0 Å². The van der Waals surface area contributed by atoms with E-state index in [0.29, 0.717) is 5.38 Å². The predicted octanol–water partition coefficient (Wildman–Crippen LogP) is 4.92.